The first kappa shape index (κ1) is 11.7. The van der Waals surface area contributed by atoms with E-state index < -0.39 is 0 Å². The van der Waals surface area contributed by atoms with E-state index in [4.69, 9.17) is 22.4 Å². The molecule has 1 heterocycles. The van der Waals surface area contributed by atoms with E-state index in [1.54, 1.807) is 6.07 Å². The number of carbonyl (C=O) groups excluding carboxylic acids is 1. The number of amides is 1. The molecule has 1 unspecified atom stereocenters. The van der Waals surface area contributed by atoms with Crippen molar-refractivity contribution < 1.29 is 9.21 Å². The monoisotopic (exact) mass is 226 g/mol. The van der Waals surface area contributed by atoms with Gasteiger partial charge in [-0.1, -0.05) is 12.2 Å². The fourth-order valence-electron chi connectivity index (χ4n) is 1.25. The molecule has 0 saturated carbocycles. The molecule has 4 nitrogen and oxygen atoms in total. The van der Waals surface area contributed by atoms with Crippen LogP contribution < -0.4 is 11.1 Å². The second kappa shape index (κ2) is 4.93. The number of nitrogens with two attached hydrogens (primary N) is 1. The summed E-state index contributed by atoms with van der Waals surface area (Å²) < 4.78 is 5.06. The molecule has 0 aliphatic carbocycles. The van der Waals surface area contributed by atoms with E-state index >= 15 is 0 Å². The maximum Gasteiger partial charge on any atom is 0.287 e. The zero-order valence-corrected chi connectivity index (χ0v) is 9.56. The van der Waals surface area contributed by atoms with Crippen molar-refractivity contribution in [3.8, 4) is 0 Å². The molecule has 0 bridgehead atoms. The summed E-state index contributed by atoms with van der Waals surface area (Å²) in [4.78, 5) is 12.0. The molecule has 0 aliphatic heterocycles. The van der Waals surface area contributed by atoms with E-state index in [0.29, 0.717) is 17.2 Å². The van der Waals surface area contributed by atoms with Crippen LogP contribution in [-0.2, 0) is 0 Å². The highest BCUT2D eigenvalue weighted by molar-refractivity contribution is 7.80. The third-order valence-electron chi connectivity index (χ3n) is 1.95. The fourth-order valence-corrected chi connectivity index (χ4v) is 1.50. The van der Waals surface area contributed by atoms with Gasteiger partial charge in [-0.15, -0.1) is 0 Å². The van der Waals surface area contributed by atoms with Crippen molar-refractivity contribution in [2.75, 3.05) is 0 Å². The van der Waals surface area contributed by atoms with Crippen LogP contribution in [0.15, 0.2) is 16.7 Å². The van der Waals surface area contributed by atoms with E-state index in [-0.39, 0.29) is 11.9 Å². The van der Waals surface area contributed by atoms with E-state index in [0.717, 1.165) is 5.56 Å². The number of rotatable bonds is 4. The van der Waals surface area contributed by atoms with Crippen LogP contribution in [0.3, 0.4) is 0 Å². The predicted octanol–water partition coefficient (Wildman–Crippen LogP) is 1.38. The molecule has 15 heavy (non-hydrogen) atoms. The molecular weight excluding hydrogens is 212 g/mol. The number of aryl methyl sites for hydroxylation is 1. The quantitative estimate of drug-likeness (QED) is 0.761. The van der Waals surface area contributed by atoms with E-state index in [2.05, 4.69) is 5.32 Å². The first-order valence-corrected chi connectivity index (χ1v) is 5.04. The van der Waals surface area contributed by atoms with Gasteiger partial charge in [-0.25, -0.2) is 0 Å². The largest absolute Gasteiger partial charge is 0.459 e. The molecule has 3 N–H and O–H groups in total. The lowest BCUT2D eigenvalue weighted by atomic mass is 10.2. The summed E-state index contributed by atoms with van der Waals surface area (Å²) in [6.45, 7) is 3.66. The Morgan fingerprint density at radius 3 is 2.87 bits per heavy atom. The summed E-state index contributed by atoms with van der Waals surface area (Å²) >= 11 is 4.75. The summed E-state index contributed by atoms with van der Waals surface area (Å²) in [7, 11) is 0. The van der Waals surface area contributed by atoms with Crippen LogP contribution in [0.2, 0.25) is 0 Å². The molecule has 82 valence electrons. The molecule has 0 aromatic carbocycles. The number of thiocarbonyl (C=S) groups is 1. The highest BCUT2D eigenvalue weighted by atomic mass is 32.1. The number of hydrogen-bond donors (Lipinski definition) is 2. The summed E-state index contributed by atoms with van der Waals surface area (Å²) in [6, 6.07) is 1.66. The van der Waals surface area contributed by atoms with Crippen molar-refractivity contribution in [1.29, 1.82) is 0 Å². The Bertz CT molecular complexity index is 373. The van der Waals surface area contributed by atoms with Gasteiger partial charge in [0.25, 0.3) is 5.91 Å². The number of hydrogen-bond acceptors (Lipinski definition) is 3. The molecule has 1 rings (SSSR count). The lowest BCUT2D eigenvalue weighted by molar-refractivity contribution is 0.0912. The Hall–Kier alpha value is -1.36. The molecule has 5 heteroatoms. The summed E-state index contributed by atoms with van der Waals surface area (Å²) in [6.07, 6.45) is 1.98. The molecular formula is C10H14N2O2S. The van der Waals surface area contributed by atoms with Gasteiger partial charge in [0.2, 0.25) is 0 Å². The predicted molar refractivity (Wildman–Crippen MR) is 61.8 cm³/mol. The lowest BCUT2D eigenvalue weighted by Crippen LogP contribution is -2.35. The SMILES string of the molecule is Cc1ccoc1C(=O)NC(C)CC(N)=S. The number of carbonyl (C=O) groups is 1. The van der Waals surface area contributed by atoms with Gasteiger partial charge in [0.15, 0.2) is 5.76 Å². The van der Waals surface area contributed by atoms with Crippen molar-refractivity contribution in [2.45, 2.75) is 26.3 Å². The van der Waals surface area contributed by atoms with Gasteiger partial charge < -0.3 is 15.5 Å². The number of furan rings is 1. The summed E-state index contributed by atoms with van der Waals surface area (Å²) in [5.74, 6) is 0.103. The third kappa shape index (κ3) is 3.36. The Morgan fingerprint density at radius 2 is 2.40 bits per heavy atom. The zero-order chi connectivity index (χ0) is 11.4. The second-order valence-electron chi connectivity index (χ2n) is 3.48. The molecule has 1 aromatic rings. The maximum absolute atomic E-state index is 11.6. The second-order valence-corrected chi connectivity index (χ2v) is 4.00. The Morgan fingerprint density at radius 1 is 1.73 bits per heavy atom. The van der Waals surface area contributed by atoms with Gasteiger partial charge in [0, 0.05) is 18.0 Å². The fraction of sp³-hybridized carbons (Fsp3) is 0.400. The standard InChI is InChI=1S/C10H14N2O2S/c1-6-3-4-14-9(6)10(13)12-7(2)5-8(11)15/h3-4,7H,5H2,1-2H3,(H2,11,15)(H,12,13). The topological polar surface area (TPSA) is 68.3 Å². The highest BCUT2D eigenvalue weighted by Gasteiger charge is 2.15. The van der Waals surface area contributed by atoms with Gasteiger partial charge in [0.05, 0.1) is 11.3 Å². The molecule has 0 aliphatic rings. The average molecular weight is 226 g/mol. The molecule has 0 radical (unpaired) electrons. The zero-order valence-electron chi connectivity index (χ0n) is 8.74. The highest BCUT2D eigenvalue weighted by Crippen LogP contribution is 2.08. The first-order valence-electron chi connectivity index (χ1n) is 4.64. The molecule has 1 aromatic heterocycles. The summed E-state index contributed by atoms with van der Waals surface area (Å²) in [5, 5.41) is 2.75. The molecule has 0 fully saturated rings. The average Bonchev–Trinajstić information content (AvgIpc) is 2.49. The van der Waals surface area contributed by atoms with Crippen LogP contribution in [0.1, 0.15) is 29.5 Å². The minimum Gasteiger partial charge on any atom is -0.459 e. The van der Waals surface area contributed by atoms with Crippen LogP contribution in [0, 0.1) is 6.92 Å². The Labute approximate surface area is 93.8 Å². The molecule has 0 spiro atoms. The van der Waals surface area contributed by atoms with E-state index in [1.807, 2.05) is 13.8 Å². The van der Waals surface area contributed by atoms with Gasteiger partial charge in [-0.3, -0.25) is 4.79 Å². The molecule has 0 saturated heterocycles. The minimum absolute atomic E-state index is 0.0838. The van der Waals surface area contributed by atoms with Crippen LogP contribution in [0.4, 0.5) is 0 Å². The van der Waals surface area contributed by atoms with Crippen molar-refractivity contribution in [2.24, 2.45) is 5.73 Å². The molecule has 1 amide bonds. The van der Waals surface area contributed by atoms with Gasteiger partial charge >= 0.3 is 0 Å². The first-order chi connectivity index (χ1) is 7.00. The smallest absolute Gasteiger partial charge is 0.287 e. The van der Waals surface area contributed by atoms with Gasteiger partial charge in [-0.2, -0.15) is 0 Å². The van der Waals surface area contributed by atoms with E-state index in [1.165, 1.54) is 6.26 Å². The Kier molecular flexibility index (Phi) is 3.85. The number of nitrogens with one attached hydrogen (secondary N) is 1. The molecule has 1 atom stereocenters. The normalized spacial score (nSPS) is 12.1. The third-order valence-corrected chi connectivity index (χ3v) is 2.12. The van der Waals surface area contributed by atoms with Crippen molar-refractivity contribution in [1.82, 2.24) is 5.32 Å². The van der Waals surface area contributed by atoms with Gasteiger partial charge in [-0.05, 0) is 19.9 Å². The van der Waals surface area contributed by atoms with Crippen LogP contribution in [0.25, 0.3) is 0 Å². The maximum atomic E-state index is 11.6. The minimum atomic E-state index is -0.235. The van der Waals surface area contributed by atoms with Crippen LogP contribution in [0.5, 0.6) is 0 Å². The van der Waals surface area contributed by atoms with Crippen LogP contribution >= 0.6 is 12.2 Å². The lowest BCUT2D eigenvalue weighted by Gasteiger charge is -2.11. The summed E-state index contributed by atoms with van der Waals surface area (Å²) in [5.41, 5.74) is 6.19. The Balaban J connectivity index is 2.56. The van der Waals surface area contributed by atoms with Crippen LogP contribution in [-0.4, -0.2) is 16.9 Å². The van der Waals surface area contributed by atoms with Crippen molar-refractivity contribution >= 4 is 23.1 Å². The van der Waals surface area contributed by atoms with Crippen molar-refractivity contribution in [3.05, 3.63) is 23.7 Å². The van der Waals surface area contributed by atoms with E-state index in [9.17, 15) is 4.79 Å². The van der Waals surface area contributed by atoms with Gasteiger partial charge in [0.1, 0.15) is 0 Å². The van der Waals surface area contributed by atoms with Crippen molar-refractivity contribution in [3.63, 3.8) is 0 Å².